The lowest BCUT2D eigenvalue weighted by Gasteiger charge is -2.18. The summed E-state index contributed by atoms with van der Waals surface area (Å²) in [7, 11) is 0. The van der Waals surface area contributed by atoms with E-state index in [4.69, 9.17) is 5.10 Å². The summed E-state index contributed by atoms with van der Waals surface area (Å²) in [5.74, 6) is 0.475. The lowest BCUT2D eigenvalue weighted by Crippen LogP contribution is -2.16. The zero-order valence-corrected chi connectivity index (χ0v) is 20.5. The van der Waals surface area contributed by atoms with Crippen molar-refractivity contribution < 1.29 is 4.79 Å². The molecule has 3 heterocycles. The second kappa shape index (κ2) is 10.4. The molecule has 0 aliphatic carbocycles. The molecule has 184 valence electrons. The van der Waals surface area contributed by atoms with Gasteiger partial charge in [0.05, 0.1) is 5.69 Å². The molecule has 6 rings (SSSR count). The summed E-state index contributed by atoms with van der Waals surface area (Å²) in [6.07, 6.45) is 2.04. The second-order valence-electron chi connectivity index (χ2n) is 8.93. The molecule has 0 saturated heterocycles. The fourth-order valence-corrected chi connectivity index (χ4v) is 4.55. The molecule has 0 bridgehead atoms. The Morgan fingerprint density at radius 1 is 0.737 bits per heavy atom. The normalized spacial score (nSPS) is 11.1. The van der Waals surface area contributed by atoms with E-state index in [0.717, 1.165) is 22.4 Å². The van der Waals surface area contributed by atoms with E-state index >= 15 is 0 Å². The van der Waals surface area contributed by atoms with Crippen LogP contribution < -0.4 is 5.32 Å². The number of aromatic nitrogens is 5. The van der Waals surface area contributed by atoms with Crippen molar-refractivity contribution in [3.63, 3.8) is 0 Å². The molecular formula is C31H24N6O. The van der Waals surface area contributed by atoms with Crippen molar-refractivity contribution in [1.29, 1.82) is 0 Å². The lowest BCUT2D eigenvalue weighted by atomic mass is 9.88. The third-order valence-electron chi connectivity index (χ3n) is 6.39. The van der Waals surface area contributed by atoms with E-state index in [1.807, 2.05) is 91.0 Å². The first-order valence-corrected chi connectivity index (χ1v) is 12.4. The molecule has 1 N–H and O–H groups in total. The van der Waals surface area contributed by atoms with Gasteiger partial charge in [0.25, 0.3) is 0 Å². The summed E-state index contributed by atoms with van der Waals surface area (Å²) in [5, 5.41) is 16.3. The molecule has 0 aliphatic rings. The summed E-state index contributed by atoms with van der Waals surface area (Å²) >= 11 is 0. The fraction of sp³-hybridized carbons (Fsp3) is 0.0645. The first-order valence-electron chi connectivity index (χ1n) is 12.4. The van der Waals surface area contributed by atoms with Crippen LogP contribution in [0.15, 0.2) is 121 Å². The fourth-order valence-electron chi connectivity index (χ4n) is 4.55. The molecule has 1 amide bonds. The molecule has 0 radical (unpaired) electrons. The number of carbonyl (C=O) groups is 1. The SMILES string of the molecule is O=C(CC(c1ccccc1)c1ccccc1)Nc1cccc(-c2ccc3nnc(-c4ccccn4)n3n2)c1. The van der Waals surface area contributed by atoms with E-state index in [-0.39, 0.29) is 11.8 Å². The van der Waals surface area contributed by atoms with Gasteiger partial charge in [0.2, 0.25) is 11.7 Å². The first kappa shape index (κ1) is 23.2. The van der Waals surface area contributed by atoms with Crippen LogP contribution in [-0.2, 0) is 4.79 Å². The molecule has 7 heteroatoms. The Morgan fingerprint density at radius 3 is 2.18 bits per heavy atom. The number of benzene rings is 3. The van der Waals surface area contributed by atoms with Crippen molar-refractivity contribution in [3.8, 4) is 22.8 Å². The summed E-state index contributed by atoms with van der Waals surface area (Å²) in [6, 6.07) is 37.4. The van der Waals surface area contributed by atoms with Crippen LogP contribution in [0.2, 0.25) is 0 Å². The van der Waals surface area contributed by atoms with E-state index in [2.05, 4.69) is 44.8 Å². The Morgan fingerprint density at radius 2 is 1.47 bits per heavy atom. The molecule has 0 atom stereocenters. The maximum absolute atomic E-state index is 13.2. The monoisotopic (exact) mass is 496 g/mol. The van der Waals surface area contributed by atoms with E-state index < -0.39 is 0 Å². The molecule has 0 spiro atoms. The zero-order chi connectivity index (χ0) is 25.7. The van der Waals surface area contributed by atoms with Crippen molar-refractivity contribution in [2.75, 3.05) is 5.32 Å². The van der Waals surface area contributed by atoms with Gasteiger partial charge in [-0.1, -0.05) is 78.9 Å². The standard InChI is InChI=1S/C31H24N6O/c38-30(21-26(22-10-3-1-4-11-22)23-12-5-2-6-13-23)33-25-15-9-14-24(20-25)27-17-18-29-34-35-31(37(29)36-27)28-16-7-8-19-32-28/h1-20,26H,21H2,(H,33,38). The average molecular weight is 497 g/mol. The van der Waals surface area contributed by atoms with E-state index in [0.29, 0.717) is 29.3 Å². The van der Waals surface area contributed by atoms with Crippen molar-refractivity contribution >= 4 is 17.2 Å². The highest BCUT2D eigenvalue weighted by Crippen LogP contribution is 2.29. The number of hydrogen-bond acceptors (Lipinski definition) is 5. The Kier molecular flexibility index (Phi) is 6.39. The van der Waals surface area contributed by atoms with Crippen LogP contribution in [0.4, 0.5) is 5.69 Å². The van der Waals surface area contributed by atoms with Gasteiger partial charge in [-0.25, -0.2) is 0 Å². The van der Waals surface area contributed by atoms with Crippen LogP contribution in [0, 0.1) is 0 Å². The van der Waals surface area contributed by atoms with Crippen LogP contribution in [-0.4, -0.2) is 30.7 Å². The van der Waals surface area contributed by atoms with Gasteiger partial charge in [0, 0.05) is 29.8 Å². The summed E-state index contributed by atoms with van der Waals surface area (Å²) in [5.41, 5.74) is 5.85. The minimum atomic E-state index is -0.0560. The number of rotatable bonds is 7. The predicted molar refractivity (Wildman–Crippen MR) is 147 cm³/mol. The molecule has 7 nitrogen and oxygen atoms in total. The number of carbonyl (C=O) groups excluding carboxylic acids is 1. The molecule has 0 fully saturated rings. The molecule has 3 aromatic heterocycles. The number of anilines is 1. The maximum atomic E-state index is 13.2. The number of nitrogens with zero attached hydrogens (tertiary/aromatic N) is 5. The molecule has 6 aromatic rings. The van der Waals surface area contributed by atoms with E-state index in [9.17, 15) is 4.79 Å². The molecule has 0 unspecified atom stereocenters. The quantitative estimate of drug-likeness (QED) is 0.292. The van der Waals surface area contributed by atoms with Crippen molar-refractivity contribution in [2.24, 2.45) is 0 Å². The smallest absolute Gasteiger partial charge is 0.225 e. The van der Waals surface area contributed by atoms with E-state index in [1.54, 1.807) is 10.7 Å². The number of amides is 1. The van der Waals surface area contributed by atoms with Crippen LogP contribution >= 0.6 is 0 Å². The Labute approximate surface area is 219 Å². The van der Waals surface area contributed by atoms with Gasteiger partial charge >= 0.3 is 0 Å². The lowest BCUT2D eigenvalue weighted by molar-refractivity contribution is -0.116. The highest BCUT2D eigenvalue weighted by molar-refractivity contribution is 5.92. The van der Waals surface area contributed by atoms with Crippen molar-refractivity contribution in [2.45, 2.75) is 12.3 Å². The Hall–Kier alpha value is -5.17. The van der Waals surface area contributed by atoms with Crippen LogP contribution in [0.1, 0.15) is 23.5 Å². The topological polar surface area (TPSA) is 85.1 Å². The number of pyridine rings is 1. The van der Waals surface area contributed by atoms with Gasteiger partial charge in [-0.05, 0) is 47.5 Å². The average Bonchev–Trinajstić information content (AvgIpc) is 3.41. The highest BCUT2D eigenvalue weighted by Gasteiger charge is 2.18. The third kappa shape index (κ3) is 4.90. The Balaban J connectivity index is 1.25. The molecule has 38 heavy (non-hydrogen) atoms. The minimum Gasteiger partial charge on any atom is -0.326 e. The largest absolute Gasteiger partial charge is 0.326 e. The van der Waals surface area contributed by atoms with Crippen LogP contribution in [0.3, 0.4) is 0 Å². The maximum Gasteiger partial charge on any atom is 0.225 e. The van der Waals surface area contributed by atoms with E-state index in [1.165, 1.54) is 0 Å². The molecule has 0 saturated carbocycles. The zero-order valence-electron chi connectivity index (χ0n) is 20.5. The van der Waals surface area contributed by atoms with Gasteiger partial charge < -0.3 is 5.32 Å². The number of hydrogen-bond donors (Lipinski definition) is 1. The van der Waals surface area contributed by atoms with Gasteiger partial charge in [0.15, 0.2) is 5.65 Å². The molecule has 3 aromatic carbocycles. The van der Waals surface area contributed by atoms with Gasteiger partial charge in [-0.3, -0.25) is 9.78 Å². The van der Waals surface area contributed by atoms with Crippen LogP contribution in [0.25, 0.3) is 28.4 Å². The minimum absolute atomic E-state index is 0.0385. The summed E-state index contributed by atoms with van der Waals surface area (Å²) in [4.78, 5) is 17.6. The predicted octanol–water partition coefficient (Wildman–Crippen LogP) is 6.01. The number of nitrogens with one attached hydrogen (secondary N) is 1. The van der Waals surface area contributed by atoms with Gasteiger partial charge in [-0.15, -0.1) is 10.2 Å². The molecular weight excluding hydrogens is 472 g/mol. The third-order valence-corrected chi connectivity index (χ3v) is 6.39. The van der Waals surface area contributed by atoms with Crippen LogP contribution in [0.5, 0.6) is 0 Å². The van der Waals surface area contributed by atoms with Crippen molar-refractivity contribution in [1.82, 2.24) is 24.8 Å². The summed E-state index contributed by atoms with van der Waals surface area (Å²) < 4.78 is 1.69. The molecule has 0 aliphatic heterocycles. The summed E-state index contributed by atoms with van der Waals surface area (Å²) in [6.45, 7) is 0. The highest BCUT2D eigenvalue weighted by atomic mass is 16.1. The Bertz CT molecular complexity index is 1640. The van der Waals surface area contributed by atoms with Crippen molar-refractivity contribution in [3.05, 3.63) is 133 Å². The number of fused-ring (bicyclic) bond motifs is 1. The first-order chi connectivity index (χ1) is 18.7. The van der Waals surface area contributed by atoms with Gasteiger partial charge in [0.1, 0.15) is 5.69 Å². The van der Waals surface area contributed by atoms with Gasteiger partial charge in [-0.2, -0.15) is 9.61 Å². The second-order valence-corrected chi connectivity index (χ2v) is 8.93.